The number of thiophene rings is 1. The van der Waals surface area contributed by atoms with E-state index < -0.39 is 56.0 Å². The highest BCUT2D eigenvalue weighted by atomic mass is 32.1. The summed E-state index contributed by atoms with van der Waals surface area (Å²) in [7, 11) is -13.1. The van der Waals surface area contributed by atoms with Gasteiger partial charge in [-0.05, 0) is 170 Å². The van der Waals surface area contributed by atoms with Crippen molar-refractivity contribution in [3.8, 4) is 0 Å². The summed E-state index contributed by atoms with van der Waals surface area (Å²) < 4.78 is 51.7. The van der Waals surface area contributed by atoms with Crippen molar-refractivity contribution in [2.45, 2.75) is 322 Å². The van der Waals surface area contributed by atoms with Crippen molar-refractivity contribution < 1.29 is 36.1 Å². The smallest absolute Gasteiger partial charge is 0.305 e. The highest BCUT2D eigenvalue weighted by molar-refractivity contribution is 7.19. The van der Waals surface area contributed by atoms with Crippen LogP contribution in [0.2, 0.25) is 109 Å². The third-order valence-corrected chi connectivity index (χ3v) is 48.9. The number of carbonyl (C=O) groups is 1. The van der Waals surface area contributed by atoms with Gasteiger partial charge in [0.2, 0.25) is 0 Å². The van der Waals surface area contributed by atoms with Crippen molar-refractivity contribution in [1.29, 1.82) is 0 Å². The molecule has 0 N–H and O–H groups in total. The normalized spacial score (nSPS) is 20.6. The van der Waals surface area contributed by atoms with Gasteiger partial charge in [-0.3, -0.25) is 4.79 Å². The zero-order chi connectivity index (χ0) is 60.3. The molecule has 454 valence electrons. The van der Waals surface area contributed by atoms with Gasteiger partial charge in [0.15, 0.2) is 49.9 Å². The lowest BCUT2D eigenvalue weighted by Crippen LogP contribution is -2.55. The molecule has 78 heavy (non-hydrogen) atoms. The van der Waals surface area contributed by atoms with Gasteiger partial charge in [0.1, 0.15) is 12.7 Å². The van der Waals surface area contributed by atoms with Crippen LogP contribution in [0.5, 0.6) is 0 Å². The van der Waals surface area contributed by atoms with Gasteiger partial charge in [-0.15, -0.1) is 11.3 Å². The Balaban J connectivity index is 1.91. The first-order chi connectivity index (χ1) is 34.9. The molecule has 0 saturated heterocycles. The van der Waals surface area contributed by atoms with Crippen molar-refractivity contribution in [2.24, 2.45) is 11.8 Å². The molecular formula is C63H124O8SSi6. The molecule has 1 heterocycles. The van der Waals surface area contributed by atoms with Gasteiger partial charge >= 0.3 is 5.97 Å². The number of carbonyl (C=O) groups excluding carboxylic acids is 1. The summed E-state index contributed by atoms with van der Waals surface area (Å²) in [6.45, 7) is 70.7. The molecule has 7 atom stereocenters. The molecule has 3 rings (SSSR count). The first-order valence-electron chi connectivity index (χ1n) is 30.5. The van der Waals surface area contributed by atoms with E-state index in [1.54, 1.807) is 0 Å². The average Bonchev–Trinajstić information content (AvgIpc) is 3.81. The predicted molar refractivity (Wildman–Crippen MR) is 354 cm³/mol. The summed E-state index contributed by atoms with van der Waals surface area (Å²) in [4.78, 5) is 15.2. The maximum Gasteiger partial charge on any atom is 0.305 e. The van der Waals surface area contributed by atoms with Crippen molar-refractivity contribution in [3.63, 3.8) is 0 Å². The highest BCUT2D eigenvalue weighted by Gasteiger charge is 2.52. The van der Waals surface area contributed by atoms with Crippen molar-refractivity contribution in [2.75, 3.05) is 13.2 Å². The third kappa shape index (κ3) is 19.6. The molecule has 0 spiro atoms. The van der Waals surface area contributed by atoms with E-state index in [-0.39, 0.29) is 67.2 Å². The van der Waals surface area contributed by atoms with E-state index in [0.717, 1.165) is 51.4 Å². The van der Waals surface area contributed by atoms with Gasteiger partial charge in [0, 0.05) is 16.0 Å². The second-order valence-electron chi connectivity index (χ2n) is 33.1. The quantitative estimate of drug-likeness (QED) is 0.0497. The minimum absolute atomic E-state index is 0.0132. The monoisotopic (exact) mass is 1210 g/mol. The van der Waals surface area contributed by atoms with Crippen LogP contribution in [0, 0.1) is 11.8 Å². The maximum absolute atomic E-state index is 13.9. The van der Waals surface area contributed by atoms with Gasteiger partial charge in [0.25, 0.3) is 0 Å². The molecule has 0 aliphatic heterocycles. The Kier molecular flexibility index (Phi) is 24.5. The van der Waals surface area contributed by atoms with Gasteiger partial charge in [0.05, 0.1) is 31.0 Å². The molecule has 1 aromatic heterocycles. The first-order valence-corrected chi connectivity index (χ1v) is 48.8. The van der Waals surface area contributed by atoms with Crippen molar-refractivity contribution >= 4 is 77.3 Å². The Morgan fingerprint density at radius 3 is 1.37 bits per heavy atom. The summed E-state index contributed by atoms with van der Waals surface area (Å²) in [5.74, 6) is 0.560. The van der Waals surface area contributed by atoms with E-state index in [0.29, 0.717) is 24.9 Å². The molecule has 1 aromatic carbocycles. The number of ether oxygens (including phenoxy) is 1. The first kappa shape index (κ1) is 72.0. The Hall–Kier alpha value is -0.289. The van der Waals surface area contributed by atoms with Crippen LogP contribution in [0.1, 0.15) is 193 Å². The minimum Gasteiger partial charge on any atom is -0.463 e. The lowest BCUT2D eigenvalue weighted by Gasteiger charge is -2.46. The molecule has 0 amide bonds. The van der Waals surface area contributed by atoms with Gasteiger partial charge < -0.3 is 31.3 Å². The van der Waals surface area contributed by atoms with Crippen LogP contribution < -0.4 is 0 Å². The standard InChI is InChI=1S/C63H124O8SSi6/c1-58(2,3)73(19,20)66-46-54(71-78(29,30)63(16,17)18)53(70-77(27,28)62(13,14)15)45-65-57(64)40-34-32-31-33-38-48-49(52(69-76(25,26)61(10,11)12)44-51(48)68-75(23,24)60(7,8)9)41-42-50(67-74(21,22)59(4,5)6)56-43-47-37-35-36-39-55(47)72-56/h35-37,39,43,48-54H,31-34,38,40-42,44-46H2,1-30H3/t48-,49-,50-,51+,52-,53+,54+/m1/s1. The zero-order valence-corrected chi connectivity index (χ0v) is 63.2. The van der Waals surface area contributed by atoms with E-state index in [1.165, 1.54) is 15.0 Å². The van der Waals surface area contributed by atoms with Gasteiger partial charge in [-0.1, -0.05) is 162 Å². The fourth-order valence-electron chi connectivity index (χ4n) is 8.91. The number of hydrogen-bond acceptors (Lipinski definition) is 9. The molecule has 1 fully saturated rings. The number of rotatable bonds is 27. The van der Waals surface area contributed by atoms with Gasteiger partial charge in [-0.25, -0.2) is 0 Å². The highest BCUT2D eigenvalue weighted by Crippen LogP contribution is 2.51. The Labute approximate surface area is 492 Å². The molecule has 8 nitrogen and oxygen atoms in total. The molecule has 15 heteroatoms. The SMILES string of the molecule is CC(C)(C)[Si](C)(C)OC[C@H](O[Si](C)(C)C(C)(C)C)[C@H](COC(=O)CCCCCC[C@@H]1[C@@H](CC[C@@H](O[Si](C)(C)C(C)(C)C)c2cc3ccccc3s2)[C@H](O[Si](C)(C)C(C)(C)C)C[C@@H]1O[Si](C)(C)C(C)(C)C)O[Si](C)(C)C(C)(C)C. The van der Waals surface area contributed by atoms with Crippen molar-refractivity contribution in [1.82, 2.24) is 0 Å². The molecule has 1 aliphatic carbocycles. The third-order valence-electron chi connectivity index (χ3n) is 20.7. The van der Waals surface area contributed by atoms with Crippen molar-refractivity contribution in [3.05, 3.63) is 35.2 Å². The fourth-order valence-corrected chi connectivity index (χ4v) is 17.9. The largest absolute Gasteiger partial charge is 0.463 e. The van der Waals surface area contributed by atoms with E-state index in [2.05, 4.69) is 234 Å². The summed E-state index contributed by atoms with van der Waals surface area (Å²) in [6.07, 6.45) is 7.83. The van der Waals surface area contributed by atoms with Crippen LogP contribution in [-0.4, -0.2) is 93.5 Å². The minimum atomic E-state index is -2.31. The second kappa shape index (κ2) is 26.5. The average molecular weight is 1210 g/mol. The Bertz CT molecular complexity index is 2150. The summed E-state index contributed by atoms with van der Waals surface area (Å²) in [5, 5.41) is 1.58. The van der Waals surface area contributed by atoms with Crippen LogP contribution >= 0.6 is 11.3 Å². The summed E-state index contributed by atoms with van der Waals surface area (Å²) in [6, 6.07) is 11.2. The topological polar surface area (TPSA) is 81.7 Å². The lowest BCUT2D eigenvalue weighted by atomic mass is 9.84. The summed E-state index contributed by atoms with van der Waals surface area (Å²) >= 11 is 1.91. The van der Waals surface area contributed by atoms with E-state index >= 15 is 0 Å². The fraction of sp³-hybridized carbons (Fsp3) is 0.857. The van der Waals surface area contributed by atoms with E-state index in [1.807, 2.05) is 11.3 Å². The molecule has 1 saturated carbocycles. The Morgan fingerprint density at radius 1 is 0.513 bits per heavy atom. The summed E-state index contributed by atoms with van der Waals surface area (Å²) in [5.41, 5.74) is 0. The number of unbranched alkanes of at least 4 members (excludes halogenated alkanes) is 3. The van der Waals surface area contributed by atoms with Crippen LogP contribution in [0.4, 0.5) is 0 Å². The molecule has 0 radical (unpaired) electrons. The van der Waals surface area contributed by atoms with Crippen LogP contribution in [0.25, 0.3) is 10.1 Å². The molecule has 2 aromatic rings. The number of fused-ring (bicyclic) bond motifs is 1. The van der Waals surface area contributed by atoms with Gasteiger partial charge in [-0.2, -0.15) is 0 Å². The molecular weight excluding hydrogens is 1090 g/mol. The number of esters is 1. The zero-order valence-electron chi connectivity index (χ0n) is 56.4. The van der Waals surface area contributed by atoms with Crippen LogP contribution in [-0.2, 0) is 36.1 Å². The number of hydrogen-bond donors (Lipinski definition) is 0. The Morgan fingerprint density at radius 2 is 0.923 bits per heavy atom. The maximum atomic E-state index is 13.9. The van der Waals surface area contributed by atoms with Crippen LogP contribution in [0.3, 0.4) is 0 Å². The molecule has 1 aliphatic rings. The second-order valence-corrected chi connectivity index (χ2v) is 62.8. The lowest BCUT2D eigenvalue weighted by molar-refractivity contribution is -0.148. The van der Waals surface area contributed by atoms with E-state index in [4.69, 9.17) is 31.3 Å². The molecule has 0 bridgehead atoms. The number of benzene rings is 1. The molecule has 0 unspecified atom stereocenters. The predicted octanol–water partition coefficient (Wildman–Crippen LogP) is 20.8. The van der Waals surface area contributed by atoms with Crippen LogP contribution in [0.15, 0.2) is 30.3 Å². The van der Waals surface area contributed by atoms with E-state index in [9.17, 15) is 4.79 Å².